The molecule has 1 N–H and O–H groups in total. The second-order valence-corrected chi connectivity index (χ2v) is 6.97. The van der Waals surface area contributed by atoms with E-state index in [0.717, 1.165) is 19.4 Å². The number of hydrogen-bond donors (Lipinski definition) is 1. The van der Waals surface area contributed by atoms with Gasteiger partial charge in [-0.3, -0.25) is 0 Å². The van der Waals surface area contributed by atoms with Gasteiger partial charge in [-0.05, 0) is 59.3 Å². The third-order valence-electron chi connectivity index (χ3n) is 3.20. The summed E-state index contributed by atoms with van der Waals surface area (Å²) in [6.45, 7) is 5.40. The van der Waals surface area contributed by atoms with Gasteiger partial charge in [0, 0.05) is 25.8 Å². The van der Waals surface area contributed by atoms with Crippen LogP contribution in [-0.4, -0.2) is 6.54 Å². The molecule has 0 bridgehead atoms. The monoisotopic (exact) mass is 385 g/mol. The van der Waals surface area contributed by atoms with Crippen molar-refractivity contribution in [1.82, 2.24) is 5.32 Å². The molecule has 0 fully saturated rings. The number of aryl methyl sites for hydroxylation is 1. The van der Waals surface area contributed by atoms with Gasteiger partial charge in [-0.2, -0.15) is 0 Å². The van der Waals surface area contributed by atoms with Crippen molar-refractivity contribution in [3.63, 3.8) is 0 Å². The lowest BCUT2D eigenvalue weighted by Crippen LogP contribution is -2.23. The van der Waals surface area contributed by atoms with Gasteiger partial charge in [0.2, 0.25) is 0 Å². The normalized spacial score (nSPS) is 12.6. The second-order valence-electron chi connectivity index (χ2n) is 4.56. The van der Waals surface area contributed by atoms with Crippen LogP contribution < -0.4 is 5.32 Å². The van der Waals surface area contributed by atoms with Crippen LogP contribution in [0.15, 0.2) is 36.4 Å². The molecule has 0 saturated carbocycles. The number of halogens is 1. The molecule has 1 unspecified atom stereocenters. The van der Waals surface area contributed by atoms with E-state index in [1.807, 2.05) is 11.3 Å². The molecule has 3 heteroatoms. The Labute approximate surface area is 133 Å². The number of thiophene rings is 1. The summed E-state index contributed by atoms with van der Waals surface area (Å²) in [4.78, 5) is 2.95. The molecule has 1 atom stereocenters. The molecule has 0 radical (unpaired) electrons. The Hall–Kier alpha value is -0.390. The van der Waals surface area contributed by atoms with Crippen molar-refractivity contribution in [3.05, 3.63) is 55.3 Å². The molecule has 1 heterocycles. The summed E-state index contributed by atoms with van der Waals surface area (Å²) in [7, 11) is 0. The number of benzene rings is 1. The van der Waals surface area contributed by atoms with Gasteiger partial charge in [0.15, 0.2) is 0 Å². The molecule has 0 aliphatic rings. The smallest absolute Gasteiger partial charge is 0.0379 e. The van der Waals surface area contributed by atoms with E-state index < -0.39 is 0 Å². The Morgan fingerprint density at radius 2 is 1.84 bits per heavy atom. The Kier molecular flexibility index (Phi) is 5.85. The summed E-state index contributed by atoms with van der Waals surface area (Å²) in [6, 6.07) is 13.6. The summed E-state index contributed by atoms with van der Waals surface area (Å²) in [5, 5.41) is 3.62. The zero-order valence-electron chi connectivity index (χ0n) is 11.4. The van der Waals surface area contributed by atoms with Crippen LogP contribution in [0.25, 0.3) is 0 Å². The largest absolute Gasteiger partial charge is 0.310 e. The van der Waals surface area contributed by atoms with Gasteiger partial charge in [-0.15, -0.1) is 11.3 Å². The molecule has 1 aromatic heterocycles. The summed E-state index contributed by atoms with van der Waals surface area (Å²) in [5.74, 6) is 0. The molecule has 0 spiro atoms. The van der Waals surface area contributed by atoms with Crippen molar-refractivity contribution >= 4 is 33.9 Å². The van der Waals surface area contributed by atoms with Gasteiger partial charge >= 0.3 is 0 Å². The van der Waals surface area contributed by atoms with Gasteiger partial charge in [0.05, 0.1) is 0 Å². The molecule has 0 aliphatic heterocycles. The molecular formula is C16H20INS. The molecule has 2 rings (SSSR count). The average Bonchev–Trinajstić information content (AvgIpc) is 2.87. The molecule has 1 aromatic carbocycles. The predicted molar refractivity (Wildman–Crippen MR) is 93.0 cm³/mol. The van der Waals surface area contributed by atoms with Gasteiger partial charge < -0.3 is 5.32 Å². The first kappa shape index (κ1) is 15.0. The molecule has 0 amide bonds. The lowest BCUT2D eigenvalue weighted by atomic mass is 10.0. The maximum absolute atomic E-state index is 3.62. The Morgan fingerprint density at radius 1 is 1.11 bits per heavy atom. The van der Waals surface area contributed by atoms with Crippen molar-refractivity contribution in [2.75, 3.05) is 6.54 Å². The van der Waals surface area contributed by atoms with Crippen molar-refractivity contribution in [2.24, 2.45) is 0 Å². The van der Waals surface area contributed by atoms with Crippen LogP contribution in [0.3, 0.4) is 0 Å². The summed E-state index contributed by atoms with van der Waals surface area (Å²) < 4.78 is 1.35. The topological polar surface area (TPSA) is 12.0 Å². The second kappa shape index (κ2) is 7.41. The van der Waals surface area contributed by atoms with Crippen molar-refractivity contribution in [3.8, 4) is 0 Å². The van der Waals surface area contributed by atoms with E-state index in [2.05, 4.69) is 78.2 Å². The highest BCUT2D eigenvalue weighted by molar-refractivity contribution is 14.1. The maximum atomic E-state index is 3.62. The summed E-state index contributed by atoms with van der Waals surface area (Å²) in [6.07, 6.45) is 2.22. The van der Waals surface area contributed by atoms with Crippen LogP contribution in [0.5, 0.6) is 0 Å². The van der Waals surface area contributed by atoms with E-state index >= 15 is 0 Å². The number of hydrogen-bond acceptors (Lipinski definition) is 2. The highest BCUT2D eigenvalue weighted by atomic mass is 127. The van der Waals surface area contributed by atoms with E-state index in [-0.39, 0.29) is 0 Å². The van der Waals surface area contributed by atoms with Gasteiger partial charge in [0.1, 0.15) is 0 Å². The zero-order valence-corrected chi connectivity index (χ0v) is 14.4. The summed E-state index contributed by atoms with van der Waals surface area (Å²) in [5.41, 5.74) is 1.41. The minimum Gasteiger partial charge on any atom is -0.310 e. The van der Waals surface area contributed by atoms with Gasteiger partial charge in [0.25, 0.3) is 0 Å². The van der Waals surface area contributed by atoms with Crippen LogP contribution >= 0.6 is 33.9 Å². The van der Waals surface area contributed by atoms with Crippen LogP contribution in [-0.2, 0) is 12.8 Å². The molecule has 19 heavy (non-hydrogen) atoms. The Bertz CT molecular complexity index is 521. The quantitative estimate of drug-likeness (QED) is 0.704. The zero-order chi connectivity index (χ0) is 13.7. The third kappa shape index (κ3) is 4.04. The van der Waals surface area contributed by atoms with Crippen LogP contribution in [0.1, 0.15) is 35.2 Å². The van der Waals surface area contributed by atoms with Crippen molar-refractivity contribution in [2.45, 2.75) is 32.7 Å². The van der Waals surface area contributed by atoms with E-state index in [9.17, 15) is 0 Å². The minimum atomic E-state index is 0.418. The van der Waals surface area contributed by atoms with Crippen molar-refractivity contribution < 1.29 is 0 Å². The first-order valence-corrected chi connectivity index (χ1v) is 8.69. The Balaban J connectivity index is 2.18. The first-order valence-electron chi connectivity index (χ1n) is 6.80. The fourth-order valence-electron chi connectivity index (χ4n) is 2.22. The molecule has 102 valence electrons. The molecule has 0 aliphatic carbocycles. The molecule has 1 nitrogen and oxygen atoms in total. The average molecular weight is 385 g/mol. The van der Waals surface area contributed by atoms with Gasteiger partial charge in [-0.1, -0.05) is 32.0 Å². The fourth-order valence-corrected chi connectivity index (χ4v) is 3.99. The van der Waals surface area contributed by atoms with Crippen LogP contribution in [0.4, 0.5) is 0 Å². The predicted octanol–water partition coefficient (Wildman–Crippen LogP) is 4.81. The van der Waals surface area contributed by atoms with Crippen LogP contribution in [0.2, 0.25) is 0 Å². The van der Waals surface area contributed by atoms with Crippen LogP contribution in [0, 0.1) is 3.57 Å². The summed E-state index contributed by atoms with van der Waals surface area (Å²) >= 11 is 4.38. The van der Waals surface area contributed by atoms with E-state index in [1.54, 1.807) is 0 Å². The van der Waals surface area contributed by atoms with Gasteiger partial charge in [-0.25, -0.2) is 0 Å². The molecule has 2 aromatic rings. The van der Waals surface area contributed by atoms with E-state index in [4.69, 9.17) is 0 Å². The maximum Gasteiger partial charge on any atom is 0.0379 e. The minimum absolute atomic E-state index is 0.418. The lowest BCUT2D eigenvalue weighted by Gasteiger charge is -2.19. The van der Waals surface area contributed by atoms with E-state index in [0.29, 0.717) is 6.04 Å². The first-order chi connectivity index (χ1) is 9.24. The SMILES string of the molecule is CCNC(Cc1ccc(CC)s1)c1ccccc1I. The molecule has 0 saturated heterocycles. The highest BCUT2D eigenvalue weighted by Crippen LogP contribution is 2.26. The van der Waals surface area contributed by atoms with E-state index in [1.165, 1.54) is 18.9 Å². The Morgan fingerprint density at radius 3 is 2.47 bits per heavy atom. The van der Waals surface area contributed by atoms with Crippen molar-refractivity contribution in [1.29, 1.82) is 0 Å². The number of likely N-dealkylation sites (N-methyl/N-ethyl adjacent to an activating group) is 1. The lowest BCUT2D eigenvalue weighted by molar-refractivity contribution is 0.551. The third-order valence-corrected chi connectivity index (χ3v) is 5.44. The molecular weight excluding hydrogens is 365 g/mol. The highest BCUT2D eigenvalue weighted by Gasteiger charge is 2.14. The number of rotatable bonds is 6. The fraction of sp³-hybridized carbons (Fsp3) is 0.375. The standard InChI is InChI=1S/C16H20INS/c1-3-12-9-10-13(19-12)11-16(18-4-2)14-7-5-6-8-15(14)17/h5-10,16,18H,3-4,11H2,1-2H3. The number of nitrogens with one attached hydrogen (secondary N) is 1.